The lowest BCUT2D eigenvalue weighted by Gasteiger charge is -2.33. The molecule has 1 amide bonds. The number of aryl methyl sites for hydroxylation is 1. The predicted octanol–water partition coefficient (Wildman–Crippen LogP) is 0.672. The second-order valence-electron chi connectivity index (χ2n) is 5.49. The van der Waals surface area contributed by atoms with Crippen LogP contribution in [0.25, 0.3) is 0 Å². The molecule has 23 heavy (non-hydrogen) atoms. The number of hydrogen-bond donors (Lipinski definition) is 0. The summed E-state index contributed by atoms with van der Waals surface area (Å²) in [5, 5.41) is 10.8. The first-order chi connectivity index (χ1) is 11.2. The molecule has 1 aromatic heterocycles. The minimum atomic E-state index is -0.257. The molecule has 0 spiro atoms. The monoisotopic (exact) mass is 319 g/mol. The SMILES string of the molecule is O=C(CCn1cnnn1)N1CCO[C@H](Cc2cccc(F)c2)C1. The molecule has 7 nitrogen and oxygen atoms in total. The highest BCUT2D eigenvalue weighted by Gasteiger charge is 2.24. The molecule has 0 radical (unpaired) electrons. The molecule has 1 aromatic carbocycles. The van der Waals surface area contributed by atoms with E-state index in [1.54, 1.807) is 11.0 Å². The first-order valence-electron chi connectivity index (χ1n) is 7.55. The molecule has 1 aliphatic heterocycles. The zero-order valence-electron chi connectivity index (χ0n) is 12.6. The molecule has 0 aliphatic carbocycles. The van der Waals surface area contributed by atoms with Gasteiger partial charge in [0, 0.05) is 25.9 Å². The van der Waals surface area contributed by atoms with Crippen LogP contribution in [-0.4, -0.2) is 56.8 Å². The number of morpholine rings is 1. The molecule has 2 heterocycles. The largest absolute Gasteiger partial charge is 0.374 e. The van der Waals surface area contributed by atoms with Gasteiger partial charge in [0.2, 0.25) is 5.91 Å². The van der Waals surface area contributed by atoms with Gasteiger partial charge in [0.25, 0.3) is 0 Å². The van der Waals surface area contributed by atoms with Gasteiger partial charge in [0.05, 0.1) is 19.3 Å². The van der Waals surface area contributed by atoms with E-state index in [4.69, 9.17) is 4.74 Å². The molecule has 1 atom stereocenters. The van der Waals surface area contributed by atoms with Crippen LogP contribution in [0.2, 0.25) is 0 Å². The summed E-state index contributed by atoms with van der Waals surface area (Å²) in [7, 11) is 0. The van der Waals surface area contributed by atoms with Crippen LogP contribution in [0.3, 0.4) is 0 Å². The highest BCUT2D eigenvalue weighted by Crippen LogP contribution is 2.14. The van der Waals surface area contributed by atoms with Gasteiger partial charge < -0.3 is 9.64 Å². The second-order valence-corrected chi connectivity index (χ2v) is 5.49. The lowest BCUT2D eigenvalue weighted by molar-refractivity contribution is -0.139. The summed E-state index contributed by atoms with van der Waals surface area (Å²) in [5.74, 6) is -0.208. The van der Waals surface area contributed by atoms with E-state index in [-0.39, 0.29) is 17.8 Å². The first kappa shape index (κ1) is 15.5. The fraction of sp³-hybridized carbons (Fsp3) is 0.467. The van der Waals surface area contributed by atoms with Crippen molar-refractivity contribution in [1.29, 1.82) is 0 Å². The molecule has 122 valence electrons. The average Bonchev–Trinajstić information content (AvgIpc) is 3.06. The molecule has 0 N–H and O–H groups in total. The molecule has 1 fully saturated rings. The number of carbonyl (C=O) groups is 1. The summed E-state index contributed by atoms with van der Waals surface area (Å²) >= 11 is 0. The number of ether oxygens (including phenoxy) is 1. The Balaban J connectivity index is 1.52. The summed E-state index contributed by atoms with van der Waals surface area (Å²) in [6.45, 7) is 2.05. The van der Waals surface area contributed by atoms with Crippen LogP contribution in [0.15, 0.2) is 30.6 Å². The van der Waals surface area contributed by atoms with Gasteiger partial charge in [-0.1, -0.05) is 12.1 Å². The Bertz CT molecular complexity index is 649. The number of halogens is 1. The molecule has 0 saturated carbocycles. The number of nitrogens with zero attached hydrogens (tertiary/aromatic N) is 5. The van der Waals surface area contributed by atoms with E-state index >= 15 is 0 Å². The first-order valence-corrected chi connectivity index (χ1v) is 7.55. The third-order valence-corrected chi connectivity index (χ3v) is 3.79. The maximum atomic E-state index is 13.2. The van der Waals surface area contributed by atoms with Crippen molar-refractivity contribution in [2.75, 3.05) is 19.7 Å². The topological polar surface area (TPSA) is 73.1 Å². The van der Waals surface area contributed by atoms with Crippen molar-refractivity contribution in [3.05, 3.63) is 42.0 Å². The van der Waals surface area contributed by atoms with Crippen molar-refractivity contribution in [3.8, 4) is 0 Å². The smallest absolute Gasteiger partial charge is 0.224 e. The van der Waals surface area contributed by atoms with Crippen LogP contribution >= 0.6 is 0 Å². The number of carbonyl (C=O) groups excluding carboxylic acids is 1. The zero-order valence-corrected chi connectivity index (χ0v) is 12.6. The molecular weight excluding hydrogens is 301 g/mol. The molecule has 8 heteroatoms. The van der Waals surface area contributed by atoms with E-state index in [0.29, 0.717) is 39.1 Å². The van der Waals surface area contributed by atoms with Gasteiger partial charge >= 0.3 is 0 Å². The normalized spacial score (nSPS) is 18.1. The third kappa shape index (κ3) is 4.32. The lowest BCUT2D eigenvalue weighted by atomic mass is 10.1. The standard InChI is InChI=1S/C15H18FN5O2/c16-13-3-1-2-12(8-13)9-14-10-20(6-7-23-14)15(22)4-5-21-11-17-18-19-21/h1-3,8,11,14H,4-7,9-10H2/t14-/m1/s1. The van der Waals surface area contributed by atoms with Gasteiger partial charge in [-0.25, -0.2) is 9.07 Å². The van der Waals surface area contributed by atoms with E-state index < -0.39 is 0 Å². The molecule has 0 unspecified atom stereocenters. The summed E-state index contributed by atoms with van der Waals surface area (Å²) in [6, 6.07) is 6.47. The maximum absolute atomic E-state index is 13.2. The van der Waals surface area contributed by atoms with Gasteiger partial charge in [0.1, 0.15) is 12.1 Å². The van der Waals surface area contributed by atoms with Gasteiger partial charge in [-0.15, -0.1) is 5.10 Å². The highest BCUT2D eigenvalue weighted by molar-refractivity contribution is 5.76. The number of amides is 1. The van der Waals surface area contributed by atoms with Gasteiger partial charge in [-0.2, -0.15) is 0 Å². The summed E-state index contributed by atoms with van der Waals surface area (Å²) in [4.78, 5) is 14.1. The van der Waals surface area contributed by atoms with Crippen molar-refractivity contribution in [1.82, 2.24) is 25.1 Å². The number of rotatable bonds is 5. The number of aromatic nitrogens is 4. The Morgan fingerprint density at radius 2 is 2.35 bits per heavy atom. The van der Waals surface area contributed by atoms with Crippen LogP contribution in [0.5, 0.6) is 0 Å². The van der Waals surface area contributed by atoms with Gasteiger partial charge in [0.15, 0.2) is 0 Å². The molecule has 1 aliphatic rings. The quantitative estimate of drug-likeness (QED) is 0.810. The molecule has 3 rings (SSSR count). The Labute approximate surface area is 133 Å². The Morgan fingerprint density at radius 1 is 1.43 bits per heavy atom. The van der Waals surface area contributed by atoms with Crippen molar-refractivity contribution in [2.24, 2.45) is 0 Å². The molecular formula is C15H18FN5O2. The second kappa shape index (κ2) is 7.28. The minimum Gasteiger partial charge on any atom is -0.374 e. The van der Waals surface area contributed by atoms with Gasteiger partial charge in [-0.05, 0) is 28.1 Å². The van der Waals surface area contributed by atoms with E-state index in [1.807, 2.05) is 6.07 Å². The Morgan fingerprint density at radius 3 is 3.13 bits per heavy atom. The van der Waals surface area contributed by atoms with Crippen molar-refractivity contribution in [2.45, 2.75) is 25.5 Å². The molecule has 0 bridgehead atoms. The Hall–Kier alpha value is -2.35. The Kier molecular flexibility index (Phi) is 4.92. The van der Waals surface area contributed by atoms with Crippen LogP contribution in [0, 0.1) is 5.82 Å². The summed E-state index contributed by atoms with van der Waals surface area (Å²) < 4.78 is 20.5. The number of hydrogen-bond acceptors (Lipinski definition) is 5. The van der Waals surface area contributed by atoms with E-state index in [1.165, 1.54) is 23.1 Å². The molecule has 2 aromatic rings. The number of benzene rings is 1. The summed E-state index contributed by atoms with van der Waals surface area (Å²) in [5.41, 5.74) is 0.873. The number of tetrazole rings is 1. The van der Waals surface area contributed by atoms with Crippen LogP contribution in [-0.2, 0) is 22.5 Å². The van der Waals surface area contributed by atoms with Crippen molar-refractivity contribution >= 4 is 5.91 Å². The fourth-order valence-electron chi connectivity index (χ4n) is 2.65. The highest BCUT2D eigenvalue weighted by atomic mass is 19.1. The predicted molar refractivity (Wildman–Crippen MR) is 78.9 cm³/mol. The third-order valence-electron chi connectivity index (χ3n) is 3.79. The van der Waals surface area contributed by atoms with Gasteiger partial charge in [-0.3, -0.25) is 4.79 Å². The summed E-state index contributed by atoms with van der Waals surface area (Å²) in [6.07, 6.45) is 2.31. The van der Waals surface area contributed by atoms with Crippen molar-refractivity contribution < 1.29 is 13.9 Å². The zero-order chi connectivity index (χ0) is 16.1. The van der Waals surface area contributed by atoms with E-state index in [2.05, 4.69) is 15.5 Å². The van der Waals surface area contributed by atoms with Crippen LogP contribution in [0.1, 0.15) is 12.0 Å². The van der Waals surface area contributed by atoms with E-state index in [9.17, 15) is 9.18 Å². The maximum Gasteiger partial charge on any atom is 0.224 e. The minimum absolute atomic E-state index is 0.0491. The van der Waals surface area contributed by atoms with Crippen molar-refractivity contribution in [3.63, 3.8) is 0 Å². The average molecular weight is 319 g/mol. The molecule has 1 saturated heterocycles. The lowest BCUT2D eigenvalue weighted by Crippen LogP contribution is -2.46. The fourth-order valence-corrected chi connectivity index (χ4v) is 2.65. The van der Waals surface area contributed by atoms with E-state index in [0.717, 1.165) is 5.56 Å². The van der Waals surface area contributed by atoms with Crippen LogP contribution < -0.4 is 0 Å². The van der Waals surface area contributed by atoms with Crippen LogP contribution in [0.4, 0.5) is 4.39 Å².